The Morgan fingerprint density at radius 2 is 1.68 bits per heavy atom. The molecule has 0 aromatic heterocycles. The quantitative estimate of drug-likeness (QED) is 0.790. The summed E-state index contributed by atoms with van der Waals surface area (Å²) in [4.78, 5) is 40.6. The number of hydrogen-bond acceptors (Lipinski definition) is 3. The van der Waals surface area contributed by atoms with E-state index in [4.69, 9.17) is 0 Å². The van der Waals surface area contributed by atoms with Crippen LogP contribution >= 0.6 is 0 Å². The maximum absolute atomic E-state index is 12.5. The van der Waals surface area contributed by atoms with Gasteiger partial charge >= 0.3 is 0 Å². The van der Waals surface area contributed by atoms with Crippen LogP contribution in [0.3, 0.4) is 0 Å². The van der Waals surface area contributed by atoms with Crippen molar-refractivity contribution in [3.05, 3.63) is 35.9 Å². The highest BCUT2D eigenvalue weighted by molar-refractivity contribution is 5.98. The number of Topliss-reactive ketones (excluding diaryl/α,β-unsaturated/α-hetero) is 1. The SMILES string of the molecule is O=C(c1ccccc1)C1CCN(C(=O)CN2CCCCCC2=O)CC1. The Labute approximate surface area is 149 Å². The molecule has 3 rings (SSSR count). The van der Waals surface area contributed by atoms with Crippen LogP contribution in [0.2, 0.25) is 0 Å². The molecule has 5 heteroatoms. The van der Waals surface area contributed by atoms with E-state index in [0.29, 0.717) is 38.9 Å². The van der Waals surface area contributed by atoms with E-state index in [1.807, 2.05) is 35.2 Å². The molecule has 2 heterocycles. The third kappa shape index (κ3) is 4.47. The lowest BCUT2D eigenvalue weighted by Crippen LogP contribution is -2.46. The molecule has 0 bridgehead atoms. The van der Waals surface area contributed by atoms with Crippen LogP contribution in [0.4, 0.5) is 0 Å². The van der Waals surface area contributed by atoms with Crippen molar-refractivity contribution in [2.24, 2.45) is 5.92 Å². The second kappa shape index (κ2) is 8.28. The zero-order chi connectivity index (χ0) is 17.6. The van der Waals surface area contributed by atoms with Gasteiger partial charge in [-0.25, -0.2) is 0 Å². The largest absolute Gasteiger partial charge is 0.341 e. The van der Waals surface area contributed by atoms with Crippen molar-refractivity contribution < 1.29 is 14.4 Å². The molecule has 25 heavy (non-hydrogen) atoms. The summed E-state index contributed by atoms with van der Waals surface area (Å²) in [6.45, 7) is 2.08. The van der Waals surface area contributed by atoms with Crippen molar-refractivity contribution in [2.75, 3.05) is 26.2 Å². The van der Waals surface area contributed by atoms with E-state index < -0.39 is 0 Å². The molecule has 5 nitrogen and oxygen atoms in total. The predicted molar refractivity (Wildman–Crippen MR) is 95.1 cm³/mol. The van der Waals surface area contributed by atoms with E-state index in [1.54, 1.807) is 4.90 Å². The van der Waals surface area contributed by atoms with Crippen LogP contribution in [0, 0.1) is 5.92 Å². The molecule has 1 aromatic carbocycles. The summed E-state index contributed by atoms with van der Waals surface area (Å²) in [5.74, 6) is 0.280. The third-order valence-electron chi connectivity index (χ3n) is 5.27. The smallest absolute Gasteiger partial charge is 0.242 e. The highest BCUT2D eigenvalue weighted by atomic mass is 16.2. The van der Waals surface area contributed by atoms with E-state index in [2.05, 4.69) is 0 Å². The van der Waals surface area contributed by atoms with Gasteiger partial charge in [-0.05, 0) is 25.7 Å². The molecule has 1 aromatic rings. The van der Waals surface area contributed by atoms with Crippen molar-refractivity contribution in [1.82, 2.24) is 9.80 Å². The fraction of sp³-hybridized carbons (Fsp3) is 0.550. The van der Waals surface area contributed by atoms with Gasteiger partial charge in [-0.1, -0.05) is 36.8 Å². The number of nitrogens with zero attached hydrogens (tertiary/aromatic N) is 2. The summed E-state index contributed by atoms with van der Waals surface area (Å²) in [5.41, 5.74) is 0.752. The first-order chi connectivity index (χ1) is 12.1. The highest BCUT2D eigenvalue weighted by Gasteiger charge is 2.29. The molecule has 0 atom stereocenters. The topological polar surface area (TPSA) is 57.7 Å². The summed E-state index contributed by atoms with van der Waals surface area (Å²) in [7, 11) is 0. The van der Waals surface area contributed by atoms with Crippen LogP contribution in [0.25, 0.3) is 0 Å². The molecule has 2 aliphatic heterocycles. The van der Waals surface area contributed by atoms with Crippen molar-refractivity contribution >= 4 is 17.6 Å². The number of carbonyl (C=O) groups excluding carboxylic acids is 3. The van der Waals surface area contributed by atoms with Gasteiger partial charge in [0.2, 0.25) is 11.8 Å². The Morgan fingerprint density at radius 3 is 2.40 bits per heavy atom. The first kappa shape index (κ1) is 17.6. The predicted octanol–water partition coefficient (Wildman–Crippen LogP) is 2.51. The molecule has 0 radical (unpaired) electrons. The standard InChI is InChI=1S/C20H26N2O3/c23-18-9-5-2-6-12-22(18)15-19(24)21-13-10-17(11-14-21)20(25)16-7-3-1-4-8-16/h1,3-4,7-8,17H,2,5-6,9-15H2. The minimum Gasteiger partial charge on any atom is -0.341 e. The second-order valence-corrected chi connectivity index (χ2v) is 7.01. The average Bonchev–Trinajstić information content (AvgIpc) is 2.86. The van der Waals surface area contributed by atoms with E-state index in [9.17, 15) is 14.4 Å². The zero-order valence-electron chi connectivity index (χ0n) is 14.7. The number of likely N-dealkylation sites (tertiary alicyclic amines) is 2. The molecule has 2 saturated heterocycles. The van der Waals surface area contributed by atoms with E-state index in [0.717, 1.165) is 24.8 Å². The first-order valence-corrected chi connectivity index (χ1v) is 9.30. The monoisotopic (exact) mass is 342 g/mol. The van der Waals surface area contributed by atoms with Gasteiger partial charge in [-0.15, -0.1) is 0 Å². The summed E-state index contributed by atoms with van der Waals surface area (Å²) in [6.07, 6.45) is 4.92. The summed E-state index contributed by atoms with van der Waals surface area (Å²) < 4.78 is 0. The van der Waals surface area contributed by atoms with Gasteiger partial charge in [-0.3, -0.25) is 14.4 Å². The molecular formula is C20H26N2O3. The van der Waals surface area contributed by atoms with Crippen LogP contribution in [0.5, 0.6) is 0 Å². The van der Waals surface area contributed by atoms with Crippen molar-refractivity contribution in [1.29, 1.82) is 0 Å². The van der Waals surface area contributed by atoms with Gasteiger partial charge in [0.05, 0.1) is 6.54 Å². The Bertz CT molecular complexity index is 621. The van der Waals surface area contributed by atoms with Gasteiger partial charge in [0.1, 0.15) is 0 Å². The van der Waals surface area contributed by atoms with Crippen LogP contribution in [-0.2, 0) is 9.59 Å². The maximum atomic E-state index is 12.5. The minimum atomic E-state index is -0.00808. The average molecular weight is 342 g/mol. The van der Waals surface area contributed by atoms with Crippen LogP contribution in [0.1, 0.15) is 48.9 Å². The van der Waals surface area contributed by atoms with Gasteiger partial charge in [-0.2, -0.15) is 0 Å². The van der Waals surface area contributed by atoms with Crippen molar-refractivity contribution in [2.45, 2.75) is 38.5 Å². The fourth-order valence-corrected chi connectivity index (χ4v) is 3.70. The van der Waals surface area contributed by atoms with E-state index in [1.165, 1.54) is 0 Å². The number of carbonyl (C=O) groups is 3. The summed E-state index contributed by atoms with van der Waals surface area (Å²) >= 11 is 0. The Morgan fingerprint density at radius 1 is 0.960 bits per heavy atom. The molecule has 2 amide bonds. The number of hydrogen-bond donors (Lipinski definition) is 0. The molecule has 0 saturated carbocycles. The first-order valence-electron chi connectivity index (χ1n) is 9.30. The highest BCUT2D eigenvalue weighted by Crippen LogP contribution is 2.22. The lowest BCUT2D eigenvalue weighted by Gasteiger charge is -2.33. The number of rotatable bonds is 4. The van der Waals surface area contributed by atoms with Gasteiger partial charge in [0, 0.05) is 37.5 Å². The second-order valence-electron chi connectivity index (χ2n) is 7.01. The maximum Gasteiger partial charge on any atom is 0.242 e. The lowest BCUT2D eigenvalue weighted by atomic mass is 9.89. The number of benzene rings is 1. The van der Waals surface area contributed by atoms with E-state index in [-0.39, 0.29) is 30.1 Å². The molecule has 0 N–H and O–H groups in total. The summed E-state index contributed by atoms with van der Waals surface area (Å²) in [5, 5.41) is 0. The lowest BCUT2D eigenvalue weighted by molar-refractivity contribution is -0.140. The fourth-order valence-electron chi connectivity index (χ4n) is 3.70. The molecular weight excluding hydrogens is 316 g/mol. The van der Waals surface area contributed by atoms with Crippen LogP contribution < -0.4 is 0 Å². The Balaban J connectivity index is 1.50. The van der Waals surface area contributed by atoms with Crippen LogP contribution in [-0.4, -0.2) is 53.6 Å². The van der Waals surface area contributed by atoms with Gasteiger partial charge < -0.3 is 9.80 Å². The van der Waals surface area contributed by atoms with Crippen molar-refractivity contribution in [3.63, 3.8) is 0 Å². The Hall–Kier alpha value is -2.17. The molecule has 0 unspecified atom stereocenters. The Kier molecular flexibility index (Phi) is 5.84. The number of amides is 2. The number of ketones is 1. The molecule has 0 spiro atoms. The molecule has 134 valence electrons. The molecule has 2 aliphatic rings. The normalized spacial score (nSPS) is 19.6. The summed E-state index contributed by atoms with van der Waals surface area (Å²) in [6, 6.07) is 9.37. The van der Waals surface area contributed by atoms with Gasteiger partial charge in [0.15, 0.2) is 5.78 Å². The number of piperidine rings is 1. The van der Waals surface area contributed by atoms with E-state index >= 15 is 0 Å². The zero-order valence-corrected chi connectivity index (χ0v) is 14.7. The van der Waals surface area contributed by atoms with Gasteiger partial charge in [0.25, 0.3) is 0 Å². The molecule has 0 aliphatic carbocycles. The minimum absolute atomic E-state index is 0.00808. The van der Waals surface area contributed by atoms with Crippen molar-refractivity contribution in [3.8, 4) is 0 Å². The third-order valence-corrected chi connectivity index (χ3v) is 5.27. The molecule has 2 fully saturated rings. The van der Waals surface area contributed by atoms with Crippen LogP contribution in [0.15, 0.2) is 30.3 Å².